The van der Waals surface area contributed by atoms with Crippen molar-refractivity contribution in [1.29, 1.82) is 0 Å². The number of hydrogen-bond acceptors (Lipinski definition) is 0. The average molecular weight is 230 g/mol. The first-order valence-corrected chi connectivity index (χ1v) is 4.42. The van der Waals surface area contributed by atoms with Gasteiger partial charge in [0.15, 0.2) is 0 Å². The summed E-state index contributed by atoms with van der Waals surface area (Å²) < 4.78 is 0. The maximum absolute atomic E-state index is 3.47. The highest BCUT2D eigenvalue weighted by Crippen LogP contribution is 2.12. The third kappa shape index (κ3) is 3.53. The van der Waals surface area contributed by atoms with Gasteiger partial charge in [-0.3, -0.25) is 0 Å². The van der Waals surface area contributed by atoms with Crippen LogP contribution >= 0.6 is 31.9 Å². The van der Waals surface area contributed by atoms with Crippen molar-refractivity contribution in [2.75, 3.05) is 5.33 Å². The van der Waals surface area contributed by atoms with Crippen LogP contribution < -0.4 is 0 Å². The van der Waals surface area contributed by atoms with Crippen LogP contribution in [0.5, 0.6) is 0 Å². The van der Waals surface area contributed by atoms with Crippen molar-refractivity contribution in [2.24, 2.45) is 5.92 Å². The van der Waals surface area contributed by atoms with Gasteiger partial charge in [0.05, 0.1) is 0 Å². The van der Waals surface area contributed by atoms with Crippen molar-refractivity contribution in [3.8, 4) is 0 Å². The molecule has 0 amide bonds. The molecule has 2 heteroatoms. The Kier molecular flexibility index (Phi) is 4.44. The van der Waals surface area contributed by atoms with Crippen molar-refractivity contribution < 1.29 is 0 Å². The van der Waals surface area contributed by atoms with E-state index in [0.29, 0.717) is 4.83 Å². The van der Waals surface area contributed by atoms with E-state index in [9.17, 15) is 0 Å². The Morgan fingerprint density at radius 3 is 1.86 bits per heavy atom. The number of alkyl halides is 2. The molecule has 0 nitrogen and oxygen atoms in total. The fourth-order valence-corrected chi connectivity index (χ4v) is 1.37. The van der Waals surface area contributed by atoms with Gasteiger partial charge in [-0.1, -0.05) is 45.7 Å². The van der Waals surface area contributed by atoms with Gasteiger partial charge in [0.1, 0.15) is 0 Å². The first kappa shape index (κ1) is 7.96. The summed E-state index contributed by atoms with van der Waals surface area (Å²) in [5.41, 5.74) is 0. The minimum absolute atomic E-state index is 0.631. The van der Waals surface area contributed by atoms with Gasteiger partial charge in [-0.05, 0) is 5.92 Å². The van der Waals surface area contributed by atoms with Gasteiger partial charge in [-0.15, -0.1) is 0 Å². The third-order valence-corrected chi connectivity index (χ3v) is 2.95. The zero-order chi connectivity index (χ0) is 5.86. The molecule has 0 aliphatic carbocycles. The lowest BCUT2D eigenvalue weighted by atomic mass is 10.2. The molecule has 0 N–H and O–H groups in total. The molecule has 0 aromatic rings. The SMILES string of the molecule is C[C@H](Br)[C@@H](C)CBr. The summed E-state index contributed by atoms with van der Waals surface area (Å²) in [6, 6.07) is 0. The van der Waals surface area contributed by atoms with Crippen LogP contribution in [0.3, 0.4) is 0 Å². The fourth-order valence-electron chi connectivity index (χ4n) is 0.123. The largest absolute Gasteiger partial charge is 0.0925 e. The molecule has 0 fully saturated rings. The van der Waals surface area contributed by atoms with Gasteiger partial charge in [-0.25, -0.2) is 0 Å². The molecule has 0 unspecified atom stereocenters. The van der Waals surface area contributed by atoms with E-state index >= 15 is 0 Å². The van der Waals surface area contributed by atoms with E-state index in [1.807, 2.05) is 0 Å². The number of rotatable bonds is 2. The molecule has 44 valence electrons. The Bertz CT molecular complexity index is 43.3. The Labute approximate surface area is 61.9 Å². The molecule has 0 aliphatic rings. The predicted molar refractivity (Wildman–Crippen MR) is 41.3 cm³/mol. The molecule has 0 radical (unpaired) electrons. The van der Waals surface area contributed by atoms with E-state index in [1.165, 1.54) is 0 Å². The molecule has 0 spiro atoms. The predicted octanol–water partition coefficient (Wildman–Crippen LogP) is 2.80. The molecular weight excluding hydrogens is 220 g/mol. The molecule has 0 saturated carbocycles. The quantitative estimate of drug-likeness (QED) is 0.639. The lowest BCUT2D eigenvalue weighted by Gasteiger charge is -2.07. The molecule has 0 rings (SSSR count). The van der Waals surface area contributed by atoms with Crippen molar-refractivity contribution >= 4 is 31.9 Å². The minimum atomic E-state index is 0.631. The van der Waals surface area contributed by atoms with Gasteiger partial charge >= 0.3 is 0 Å². The molecule has 0 saturated heterocycles. The summed E-state index contributed by atoms with van der Waals surface area (Å²) >= 11 is 6.86. The lowest BCUT2D eigenvalue weighted by Crippen LogP contribution is -2.06. The van der Waals surface area contributed by atoms with Crippen LogP contribution in [0.1, 0.15) is 13.8 Å². The normalized spacial score (nSPS) is 18.9. The van der Waals surface area contributed by atoms with E-state index < -0.39 is 0 Å². The van der Waals surface area contributed by atoms with Crippen LogP contribution in [0.15, 0.2) is 0 Å². The molecule has 0 aromatic heterocycles. The van der Waals surface area contributed by atoms with E-state index in [1.54, 1.807) is 0 Å². The number of halogens is 2. The molecule has 7 heavy (non-hydrogen) atoms. The zero-order valence-electron chi connectivity index (χ0n) is 4.62. The maximum Gasteiger partial charge on any atom is 0.0151 e. The standard InChI is InChI=1S/C5H10Br2/c1-4(3-6)5(2)7/h4-5H,3H2,1-2H3/t4-,5-/m0/s1. The highest BCUT2D eigenvalue weighted by atomic mass is 79.9. The van der Waals surface area contributed by atoms with Crippen LogP contribution in [-0.2, 0) is 0 Å². The number of hydrogen-bond donors (Lipinski definition) is 0. The molecular formula is C5H10Br2. The van der Waals surface area contributed by atoms with Gasteiger partial charge in [0, 0.05) is 10.2 Å². The lowest BCUT2D eigenvalue weighted by molar-refractivity contribution is 0.667. The summed E-state index contributed by atoms with van der Waals surface area (Å²) in [6.45, 7) is 4.36. The van der Waals surface area contributed by atoms with Crippen molar-refractivity contribution in [1.82, 2.24) is 0 Å². The summed E-state index contributed by atoms with van der Waals surface area (Å²) in [4.78, 5) is 0.631. The monoisotopic (exact) mass is 228 g/mol. The second kappa shape index (κ2) is 3.90. The highest BCUT2D eigenvalue weighted by molar-refractivity contribution is 9.10. The van der Waals surface area contributed by atoms with Crippen LogP contribution in [0.25, 0.3) is 0 Å². The van der Waals surface area contributed by atoms with Gasteiger partial charge in [0.2, 0.25) is 0 Å². The third-order valence-electron chi connectivity index (χ3n) is 1.03. The van der Waals surface area contributed by atoms with Crippen LogP contribution in [0, 0.1) is 5.92 Å². The molecule has 0 aliphatic heterocycles. The van der Waals surface area contributed by atoms with Crippen molar-refractivity contribution in [2.45, 2.75) is 18.7 Å². The van der Waals surface area contributed by atoms with E-state index in [2.05, 4.69) is 45.7 Å². The molecule has 0 aromatic carbocycles. The topological polar surface area (TPSA) is 0 Å². The first-order chi connectivity index (χ1) is 3.18. The molecule has 2 atom stereocenters. The van der Waals surface area contributed by atoms with Crippen LogP contribution in [0.4, 0.5) is 0 Å². The summed E-state index contributed by atoms with van der Waals surface area (Å²) in [5, 5.41) is 1.08. The minimum Gasteiger partial charge on any atom is -0.0925 e. The van der Waals surface area contributed by atoms with Gasteiger partial charge < -0.3 is 0 Å². The Balaban J connectivity index is 3.14. The summed E-state index contributed by atoms with van der Waals surface area (Å²) in [5.74, 6) is 0.736. The second-order valence-electron chi connectivity index (χ2n) is 1.81. The molecule has 0 heterocycles. The zero-order valence-corrected chi connectivity index (χ0v) is 7.79. The Hall–Kier alpha value is 0.960. The van der Waals surface area contributed by atoms with E-state index in [-0.39, 0.29) is 0 Å². The Morgan fingerprint density at radius 1 is 1.43 bits per heavy atom. The summed E-state index contributed by atoms with van der Waals surface area (Å²) in [7, 11) is 0. The van der Waals surface area contributed by atoms with Crippen molar-refractivity contribution in [3.63, 3.8) is 0 Å². The van der Waals surface area contributed by atoms with Crippen LogP contribution in [0.2, 0.25) is 0 Å². The van der Waals surface area contributed by atoms with Crippen LogP contribution in [-0.4, -0.2) is 10.2 Å². The van der Waals surface area contributed by atoms with Gasteiger partial charge in [-0.2, -0.15) is 0 Å². The fraction of sp³-hybridized carbons (Fsp3) is 1.00. The average Bonchev–Trinajstić information content (AvgIpc) is 1.65. The first-order valence-electron chi connectivity index (χ1n) is 2.38. The summed E-state index contributed by atoms with van der Waals surface area (Å²) in [6.07, 6.45) is 0. The van der Waals surface area contributed by atoms with E-state index in [0.717, 1.165) is 11.2 Å². The molecule has 0 bridgehead atoms. The second-order valence-corrected chi connectivity index (χ2v) is 3.90. The maximum atomic E-state index is 3.47. The van der Waals surface area contributed by atoms with E-state index in [4.69, 9.17) is 0 Å². The van der Waals surface area contributed by atoms with Gasteiger partial charge in [0.25, 0.3) is 0 Å². The highest BCUT2D eigenvalue weighted by Gasteiger charge is 2.04. The van der Waals surface area contributed by atoms with Crippen molar-refractivity contribution in [3.05, 3.63) is 0 Å². The smallest absolute Gasteiger partial charge is 0.0151 e. The Morgan fingerprint density at radius 2 is 1.86 bits per heavy atom.